The summed E-state index contributed by atoms with van der Waals surface area (Å²) in [7, 11) is 0. The van der Waals surface area contributed by atoms with E-state index in [4.69, 9.17) is 14.6 Å². The van der Waals surface area contributed by atoms with Gasteiger partial charge in [-0.15, -0.1) is 0 Å². The van der Waals surface area contributed by atoms with Crippen LogP contribution < -0.4 is 9.47 Å². The number of carbonyl (C=O) groups is 1. The molecule has 0 spiro atoms. The third-order valence-electron chi connectivity index (χ3n) is 2.66. The lowest BCUT2D eigenvalue weighted by atomic mass is 10.2. The Bertz CT molecular complexity index is 612. The molecule has 1 N–H and O–H groups in total. The van der Waals surface area contributed by atoms with Gasteiger partial charge in [0.05, 0.1) is 6.61 Å². The summed E-state index contributed by atoms with van der Waals surface area (Å²) in [6.45, 7) is 2.54. The lowest BCUT2D eigenvalue weighted by Crippen LogP contribution is -2.03. The molecule has 4 heteroatoms. The van der Waals surface area contributed by atoms with Crippen LogP contribution in [0.1, 0.15) is 12.5 Å². The van der Waals surface area contributed by atoms with Crippen molar-refractivity contribution in [2.45, 2.75) is 6.92 Å². The molecule has 4 nitrogen and oxygen atoms in total. The number of aromatic hydroxyl groups is 1. The Morgan fingerprint density at radius 3 is 2.29 bits per heavy atom. The minimum atomic E-state index is -0.477. The second-order valence-corrected chi connectivity index (χ2v) is 4.25. The Kier molecular flexibility index (Phi) is 4.99. The highest BCUT2D eigenvalue weighted by atomic mass is 16.5. The minimum absolute atomic E-state index is 0.125. The predicted octanol–water partition coefficient (Wildman–Crippen LogP) is 3.41. The van der Waals surface area contributed by atoms with Crippen molar-refractivity contribution in [3.8, 4) is 17.2 Å². The minimum Gasteiger partial charge on any atom is -0.508 e. The Morgan fingerprint density at radius 1 is 1.05 bits per heavy atom. The number of carbonyl (C=O) groups excluding carboxylic acids is 1. The van der Waals surface area contributed by atoms with Crippen LogP contribution >= 0.6 is 0 Å². The first kappa shape index (κ1) is 14.7. The number of benzene rings is 2. The van der Waals surface area contributed by atoms with E-state index in [1.54, 1.807) is 6.08 Å². The normalized spacial score (nSPS) is 10.5. The quantitative estimate of drug-likeness (QED) is 0.519. The van der Waals surface area contributed by atoms with Crippen LogP contribution in [0.4, 0.5) is 0 Å². The van der Waals surface area contributed by atoms with Gasteiger partial charge >= 0.3 is 5.97 Å². The number of ether oxygens (including phenoxy) is 2. The van der Waals surface area contributed by atoms with E-state index >= 15 is 0 Å². The van der Waals surface area contributed by atoms with Crippen molar-refractivity contribution in [1.29, 1.82) is 0 Å². The summed E-state index contributed by atoms with van der Waals surface area (Å²) in [4.78, 5) is 11.6. The number of hydrogen-bond acceptors (Lipinski definition) is 4. The molecule has 0 atom stereocenters. The van der Waals surface area contributed by atoms with Gasteiger partial charge in [0, 0.05) is 6.08 Å². The second kappa shape index (κ2) is 7.14. The van der Waals surface area contributed by atoms with Crippen molar-refractivity contribution in [2.24, 2.45) is 0 Å². The van der Waals surface area contributed by atoms with Gasteiger partial charge < -0.3 is 14.6 Å². The number of esters is 1. The molecule has 21 heavy (non-hydrogen) atoms. The van der Waals surface area contributed by atoms with Crippen molar-refractivity contribution >= 4 is 12.0 Å². The van der Waals surface area contributed by atoms with E-state index in [0.29, 0.717) is 12.4 Å². The number of rotatable bonds is 5. The zero-order valence-corrected chi connectivity index (χ0v) is 11.7. The summed E-state index contributed by atoms with van der Waals surface area (Å²) >= 11 is 0. The summed E-state index contributed by atoms with van der Waals surface area (Å²) in [6.07, 6.45) is 3.01. The van der Waals surface area contributed by atoms with Gasteiger partial charge in [-0.3, -0.25) is 0 Å². The third-order valence-corrected chi connectivity index (χ3v) is 2.66. The maximum atomic E-state index is 11.6. The molecule has 0 amide bonds. The molecule has 0 aliphatic heterocycles. The molecule has 2 aromatic carbocycles. The largest absolute Gasteiger partial charge is 0.508 e. The molecule has 0 saturated carbocycles. The van der Waals surface area contributed by atoms with Gasteiger partial charge in [0.15, 0.2) is 0 Å². The summed E-state index contributed by atoms with van der Waals surface area (Å²) < 4.78 is 10.4. The first-order valence-corrected chi connectivity index (χ1v) is 6.59. The lowest BCUT2D eigenvalue weighted by molar-refractivity contribution is -0.128. The molecule has 0 aliphatic carbocycles. The van der Waals surface area contributed by atoms with Gasteiger partial charge in [0.2, 0.25) is 0 Å². The van der Waals surface area contributed by atoms with Crippen LogP contribution in [0, 0.1) is 0 Å². The van der Waals surface area contributed by atoms with Crippen molar-refractivity contribution < 1.29 is 19.4 Å². The molecular formula is C17H16O4. The van der Waals surface area contributed by atoms with Crippen LogP contribution in [0.25, 0.3) is 6.08 Å². The molecule has 2 rings (SSSR count). The molecule has 0 heterocycles. The molecule has 0 unspecified atom stereocenters. The maximum Gasteiger partial charge on any atom is 0.336 e. The van der Waals surface area contributed by atoms with Gasteiger partial charge in [-0.05, 0) is 55.0 Å². The van der Waals surface area contributed by atoms with E-state index in [2.05, 4.69) is 0 Å². The fourth-order valence-electron chi connectivity index (χ4n) is 1.67. The van der Waals surface area contributed by atoms with Crippen LogP contribution in [0.3, 0.4) is 0 Å². The van der Waals surface area contributed by atoms with Crippen LogP contribution in [0.2, 0.25) is 0 Å². The molecule has 0 bridgehead atoms. The average molecular weight is 284 g/mol. The maximum absolute atomic E-state index is 11.6. The molecule has 0 saturated heterocycles. The van der Waals surface area contributed by atoms with E-state index in [1.165, 1.54) is 30.3 Å². The summed E-state index contributed by atoms with van der Waals surface area (Å²) in [5.41, 5.74) is 0.876. The highest BCUT2D eigenvalue weighted by molar-refractivity contribution is 5.88. The van der Waals surface area contributed by atoms with E-state index in [1.807, 2.05) is 31.2 Å². The Balaban J connectivity index is 1.93. The topological polar surface area (TPSA) is 55.8 Å². The zero-order valence-electron chi connectivity index (χ0n) is 11.7. The molecule has 0 aromatic heterocycles. The summed E-state index contributed by atoms with van der Waals surface area (Å²) in [6, 6.07) is 13.4. The fraction of sp³-hybridized carbons (Fsp3) is 0.118. The lowest BCUT2D eigenvalue weighted by Gasteiger charge is -2.02. The Morgan fingerprint density at radius 2 is 1.67 bits per heavy atom. The van der Waals surface area contributed by atoms with Crippen molar-refractivity contribution in [3.05, 3.63) is 60.2 Å². The monoisotopic (exact) mass is 284 g/mol. The van der Waals surface area contributed by atoms with E-state index in [-0.39, 0.29) is 5.75 Å². The molecule has 0 radical (unpaired) electrons. The van der Waals surface area contributed by atoms with E-state index < -0.39 is 5.97 Å². The van der Waals surface area contributed by atoms with Crippen molar-refractivity contribution in [2.75, 3.05) is 6.61 Å². The predicted molar refractivity (Wildman–Crippen MR) is 80.4 cm³/mol. The highest BCUT2D eigenvalue weighted by Crippen LogP contribution is 2.16. The molecular weight excluding hydrogens is 268 g/mol. The molecule has 0 fully saturated rings. The van der Waals surface area contributed by atoms with Crippen LogP contribution in [0.5, 0.6) is 17.2 Å². The number of phenolic OH excluding ortho intramolecular Hbond substituents is 1. The van der Waals surface area contributed by atoms with Gasteiger partial charge in [0.25, 0.3) is 0 Å². The first-order valence-electron chi connectivity index (χ1n) is 6.59. The smallest absolute Gasteiger partial charge is 0.336 e. The van der Waals surface area contributed by atoms with Gasteiger partial charge in [0.1, 0.15) is 17.2 Å². The fourth-order valence-corrected chi connectivity index (χ4v) is 1.67. The Labute approximate surface area is 123 Å². The Hall–Kier alpha value is -2.75. The molecule has 108 valence electrons. The number of hydrogen-bond donors (Lipinski definition) is 1. The van der Waals surface area contributed by atoms with Gasteiger partial charge in [-0.1, -0.05) is 12.1 Å². The van der Waals surface area contributed by atoms with Crippen LogP contribution in [-0.4, -0.2) is 17.7 Å². The first-order chi connectivity index (χ1) is 10.2. The van der Waals surface area contributed by atoms with Gasteiger partial charge in [-0.25, -0.2) is 4.79 Å². The third kappa shape index (κ3) is 4.69. The van der Waals surface area contributed by atoms with Crippen LogP contribution in [0.15, 0.2) is 54.6 Å². The highest BCUT2D eigenvalue weighted by Gasteiger charge is 2.00. The van der Waals surface area contributed by atoms with Gasteiger partial charge in [-0.2, -0.15) is 0 Å². The van der Waals surface area contributed by atoms with E-state index in [9.17, 15) is 4.79 Å². The average Bonchev–Trinajstić information content (AvgIpc) is 2.49. The summed E-state index contributed by atoms with van der Waals surface area (Å²) in [5.74, 6) is 0.824. The standard InChI is InChI=1S/C17H16O4/c1-2-20-15-8-3-13(4-9-15)5-12-17(19)21-16-10-6-14(18)7-11-16/h3-12,18H,2H2,1H3/b12-5+. The number of phenols is 1. The molecule has 2 aromatic rings. The van der Waals surface area contributed by atoms with Crippen LogP contribution in [-0.2, 0) is 4.79 Å². The summed E-state index contributed by atoms with van der Waals surface area (Å²) in [5, 5.41) is 9.14. The SMILES string of the molecule is CCOc1ccc(/C=C/C(=O)Oc2ccc(O)cc2)cc1. The zero-order chi connectivity index (χ0) is 15.1. The second-order valence-electron chi connectivity index (χ2n) is 4.25. The molecule has 0 aliphatic rings. The van der Waals surface area contributed by atoms with Crippen molar-refractivity contribution in [1.82, 2.24) is 0 Å². The van der Waals surface area contributed by atoms with E-state index in [0.717, 1.165) is 11.3 Å². The van der Waals surface area contributed by atoms with Crippen molar-refractivity contribution in [3.63, 3.8) is 0 Å².